The van der Waals surface area contributed by atoms with Crippen LogP contribution in [0.25, 0.3) is 100 Å². The van der Waals surface area contributed by atoms with E-state index in [4.69, 9.17) is 19.1 Å². The van der Waals surface area contributed by atoms with Gasteiger partial charge in [0.15, 0.2) is 0 Å². The van der Waals surface area contributed by atoms with E-state index in [1.807, 2.05) is 36.4 Å². The first-order chi connectivity index (χ1) is 27.5. The number of hydrogen-bond donors (Lipinski definition) is 0. The van der Waals surface area contributed by atoms with Crippen molar-refractivity contribution in [2.24, 2.45) is 7.05 Å². The Labute approximate surface area is 325 Å². The molecule has 0 spiro atoms. The third kappa shape index (κ3) is 5.73. The number of ether oxygens (including phenoxy) is 1. The fourth-order valence-corrected chi connectivity index (χ4v) is 8.17. The third-order valence-corrected chi connectivity index (χ3v) is 10.8. The molecule has 0 aliphatic heterocycles. The van der Waals surface area contributed by atoms with Crippen LogP contribution in [0.2, 0.25) is 0 Å². The molecule has 4 heterocycles. The van der Waals surface area contributed by atoms with Crippen LogP contribution in [0.1, 0.15) is 5.69 Å². The second-order valence-electron chi connectivity index (χ2n) is 14.3. The highest BCUT2D eigenvalue weighted by Crippen LogP contribution is 2.43. The molecule has 56 heavy (non-hydrogen) atoms. The Morgan fingerprint density at radius 1 is 0.482 bits per heavy atom. The molecule has 0 unspecified atom stereocenters. The molecular formula is C51H37N3O2. The average Bonchev–Trinajstić information content (AvgIpc) is 3.78. The lowest BCUT2D eigenvalue weighted by atomic mass is 9.96. The number of pyridine rings is 2. The fourth-order valence-electron chi connectivity index (χ4n) is 8.17. The topological polar surface area (TPSA) is 53.1 Å². The van der Waals surface area contributed by atoms with E-state index in [0.29, 0.717) is 0 Å². The van der Waals surface area contributed by atoms with E-state index >= 15 is 0 Å². The summed E-state index contributed by atoms with van der Waals surface area (Å²) in [5, 5.41) is 3.43. The molecule has 0 aliphatic rings. The maximum Gasteiger partial charge on any atom is 0.136 e. The quantitative estimate of drug-likeness (QED) is 0.164. The number of aryl methyl sites for hydroxylation is 2. The zero-order chi connectivity index (χ0) is 37.8. The van der Waals surface area contributed by atoms with Crippen LogP contribution in [0, 0.1) is 6.92 Å². The van der Waals surface area contributed by atoms with Crippen molar-refractivity contribution in [2.45, 2.75) is 6.92 Å². The summed E-state index contributed by atoms with van der Waals surface area (Å²) in [4.78, 5) is 10.3. The predicted octanol–water partition coefficient (Wildman–Crippen LogP) is 13.2. The molecule has 0 saturated heterocycles. The van der Waals surface area contributed by atoms with E-state index in [1.165, 1.54) is 10.9 Å². The molecule has 0 fully saturated rings. The van der Waals surface area contributed by atoms with Crippen LogP contribution in [0.15, 0.2) is 174 Å². The molecule has 6 aromatic carbocycles. The first kappa shape index (κ1) is 33.3. The van der Waals surface area contributed by atoms with Gasteiger partial charge in [-0.05, 0) is 90.3 Å². The van der Waals surface area contributed by atoms with Gasteiger partial charge in [-0.15, -0.1) is 0 Å². The summed E-state index contributed by atoms with van der Waals surface area (Å²) in [7, 11) is 3.86. The number of fused-ring (bicyclic) bond motifs is 4. The van der Waals surface area contributed by atoms with Gasteiger partial charge in [-0.1, -0.05) is 103 Å². The van der Waals surface area contributed by atoms with Crippen molar-refractivity contribution in [2.75, 3.05) is 7.11 Å². The Hall–Kier alpha value is -7.24. The summed E-state index contributed by atoms with van der Waals surface area (Å²) >= 11 is 0. The van der Waals surface area contributed by atoms with Crippen molar-refractivity contribution in [1.29, 1.82) is 0 Å². The molecule has 10 aromatic rings. The Bertz CT molecular complexity index is 3100. The minimum absolute atomic E-state index is 0.784. The fraction of sp³-hybridized carbons (Fsp3) is 0.0588. The highest BCUT2D eigenvalue weighted by molar-refractivity contribution is 6.09. The van der Waals surface area contributed by atoms with Gasteiger partial charge in [-0.2, -0.15) is 0 Å². The van der Waals surface area contributed by atoms with Gasteiger partial charge in [-0.25, -0.2) is 4.98 Å². The molecule has 10 rings (SSSR count). The second kappa shape index (κ2) is 13.6. The van der Waals surface area contributed by atoms with E-state index in [9.17, 15) is 0 Å². The van der Waals surface area contributed by atoms with E-state index in [1.54, 1.807) is 7.11 Å². The molecule has 0 atom stereocenters. The molecule has 5 heteroatoms. The Balaban J connectivity index is 1.11. The van der Waals surface area contributed by atoms with Gasteiger partial charge < -0.3 is 13.7 Å². The molecular weight excluding hydrogens is 687 g/mol. The SMILES string of the molecule is COc1ccccc1-c1cc(-c2ccccc2)cc(-c2cccc(-c3cc(-c4c(-c5ccc6c(c5)oc5ccccc56)c5ccccc5n4C)cc(C)n3)c2)n1. The Morgan fingerprint density at radius 2 is 1.14 bits per heavy atom. The van der Waals surface area contributed by atoms with Gasteiger partial charge in [-0.3, -0.25) is 4.98 Å². The number of methoxy groups -OCH3 is 1. The first-order valence-corrected chi connectivity index (χ1v) is 18.8. The van der Waals surface area contributed by atoms with Gasteiger partial charge in [0.25, 0.3) is 0 Å². The maximum atomic E-state index is 6.37. The van der Waals surface area contributed by atoms with Gasteiger partial charge >= 0.3 is 0 Å². The van der Waals surface area contributed by atoms with Gasteiger partial charge in [0, 0.05) is 62.2 Å². The second-order valence-corrected chi connectivity index (χ2v) is 14.3. The Kier molecular flexibility index (Phi) is 8.07. The molecule has 0 radical (unpaired) electrons. The number of benzene rings is 6. The number of rotatable bonds is 7. The first-order valence-electron chi connectivity index (χ1n) is 18.8. The zero-order valence-electron chi connectivity index (χ0n) is 31.3. The summed E-state index contributed by atoms with van der Waals surface area (Å²) in [6.45, 7) is 2.07. The molecule has 0 amide bonds. The summed E-state index contributed by atoms with van der Waals surface area (Å²) in [6, 6.07) is 59.2. The molecule has 4 aromatic heterocycles. The predicted molar refractivity (Wildman–Crippen MR) is 230 cm³/mol. The third-order valence-electron chi connectivity index (χ3n) is 10.8. The Morgan fingerprint density at radius 3 is 1.98 bits per heavy atom. The van der Waals surface area contributed by atoms with E-state index < -0.39 is 0 Å². The summed E-state index contributed by atoms with van der Waals surface area (Å²) in [6.07, 6.45) is 0. The van der Waals surface area contributed by atoms with Crippen LogP contribution in [0.3, 0.4) is 0 Å². The number of hydrogen-bond acceptors (Lipinski definition) is 4. The molecule has 268 valence electrons. The number of aromatic nitrogens is 3. The highest BCUT2D eigenvalue weighted by atomic mass is 16.5. The van der Waals surface area contributed by atoms with E-state index in [-0.39, 0.29) is 0 Å². The number of furan rings is 1. The van der Waals surface area contributed by atoms with Crippen molar-refractivity contribution in [3.05, 3.63) is 176 Å². The van der Waals surface area contributed by atoms with Crippen LogP contribution in [-0.2, 0) is 7.05 Å². The van der Waals surface area contributed by atoms with E-state index in [2.05, 4.69) is 152 Å². The molecule has 5 nitrogen and oxygen atoms in total. The highest BCUT2D eigenvalue weighted by Gasteiger charge is 2.21. The summed E-state index contributed by atoms with van der Waals surface area (Å²) in [5.41, 5.74) is 16.2. The van der Waals surface area contributed by atoms with Crippen LogP contribution >= 0.6 is 0 Å². The summed E-state index contributed by atoms with van der Waals surface area (Å²) in [5.74, 6) is 0.784. The lowest BCUT2D eigenvalue weighted by Crippen LogP contribution is -1.96. The van der Waals surface area contributed by atoms with E-state index in [0.717, 1.165) is 101 Å². The lowest BCUT2D eigenvalue weighted by Gasteiger charge is -2.14. The smallest absolute Gasteiger partial charge is 0.136 e. The zero-order valence-corrected chi connectivity index (χ0v) is 31.3. The monoisotopic (exact) mass is 723 g/mol. The van der Waals surface area contributed by atoms with Crippen molar-refractivity contribution in [3.63, 3.8) is 0 Å². The minimum atomic E-state index is 0.784. The molecule has 0 aliphatic carbocycles. The van der Waals surface area contributed by atoms with Crippen LogP contribution < -0.4 is 4.74 Å². The van der Waals surface area contributed by atoms with Crippen LogP contribution in [-0.4, -0.2) is 21.6 Å². The molecule has 0 bridgehead atoms. The van der Waals surface area contributed by atoms with Crippen molar-refractivity contribution in [1.82, 2.24) is 14.5 Å². The van der Waals surface area contributed by atoms with Gasteiger partial charge in [0.2, 0.25) is 0 Å². The summed E-state index contributed by atoms with van der Waals surface area (Å²) < 4.78 is 14.4. The van der Waals surface area contributed by atoms with Crippen LogP contribution in [0.4, 0.5) is 0 Å². The largest absolute Gasteiger partial charge is 0.496 e. The standard InChI is InChI=1S/C51H37N3O2/c1-32-26-38(51-50(42-20-7-10-21-46(42)54(51)2)36-24-25-40-39-18-8-12-23-48(39)56-49(40)31-36)30-43(52-32)34-16-13-17-35(27-34)44-28-37(33-14-5-4-6-15-33)29-45(53-44)41-19-9-11-22-47(41)55-3/h4-31H,1-3H3. The van der Waals surface area contributed by atoms with Crippen LogP contribution in [0.5, 0.6) is 5.75 Å². The minimum Gasteiger partial charge on any atom is -0.496 e. The van der Waals surface area contributed by atoms with Crippen molar-refractivity contribution >= 4 is 32.8 Å². The number of nitrogens with zero attached hydrogens (tertiary/aromatic N) is 3. The van der Waals surface area contributed by atoms with Crippen molar-refractivity contribution in [3.8, 4) is 73.0 Å². The molecule has 0 N–H and O–H groups in total. The maximum absolute atomic E-state index is 6.37. The number of para-hydroxylation sites is 3. The van der Waals surface area contributed by atoms with Gasteiger partial charge in [0.1, 0.15) is 16.9 Å². The average molecular weight is 724 g/mol. The lowest BCUT2D eigenvalue weighted by molar-refractivity contribution is 0.416. The van der Waals surface area contributed by atoms with Gasteiger partial charge in [0.05, 0.1) is 29.9 Å². The normalized spacial score (nSPS) is 11.5. The molecule has 0 saturated carbocycles. The van der Waals surface area contributed by atoms with Crippen molar-refractivity contribution < 1.29 is 9.15 Å².